The highest BCUT2D eigenvalue weighted by Gasteiger charge is 2.34. The van der Waals surface area contributed by atoms with Gasteiger partial charge in [-0.15, -0.1) is 4.91 Å². The molecule has 0 radical (unpaired) electrons. The second-order valence-electron chi connectivity index (χ2n) is 4.20. The van der Waals surface area contributed by atoms with Crippen LogP contribution in [0.25, 0.3) is 0 Å². The number of aliphatic carboxylic acids is 2. The Kier molecular flexibility index (Phi) is 6.87. The highest BCUT2D eigenvalue weighted by atomic mass is 16.7. The van der Waals surface area contributed by atoms with Crippen LogP contribution in [0.3, 0.4) is 0 Å². The molecule has 5 N–H and O–H groups in total. The number of nitrogens with one attached hydrogen (secondary N) is 3. The second kappa shape index (κ2) is 8.08. The number of hydrogen-bond acceptors (Lipinski definition) is 7. The van der Waals surface area contributed by atoms with Crippen molar-refractivity contribution in [3.05, 3.63) is 38.8 Å². The Morgan fingerprint density at radius 3 is 2.50 bits per heavy atom. The van der Waals surface area contributed by atoms with Crippen molar-refractivity contribution < 1.29 is 24.8 Å². The molecule has 1 rings (SSSR count). The molecular weight excluding hydrogens is 302 g/mol. The number of carboxylic acid groups (broad SMARTS) is 2. The number of nitroso groups, excluding NO2 is 1. The van der Waals surface area contributed by atoms with E-state index in [1.54, 1.807) is 0 Å². The fourth-order valence-electron chi connectivity index (χ4n) is 1.35. The summed E-state index contributed by atoms with van der Waals surface area (Å²) in [6.45, 7) is 1.50. The van der Waals surface area contributed by atoms with Crippen molar-refractivity contribution in [1.82, 2.24) is 10.9 Å². The van der Waals surface area contributed by atoms with Crippen LogP contribution in [0.1, 0.15) is 13.3 Å². The number of allylic oxidation sites excluding steroid dienone is 2. The van der Waals surface area contributed by atoms with Gasteiger partial charge in [0.2, 0.25) is 0 Å². The maximum Gasteiger partial charge on any atom is 0.331 e. The van der Waals surface area contributed by atoms with Crippen molar-refractivity contribution in [2.45, 2.75) is 13.3 Å². The number of hydrogen-bond donors (Lipinski definition) is 5. The molecule has 12 heteroatoms. The molecule has 1 aliphatic carbocycles. The van der Waals surface area contributed by atoms with Gasteiger partial charge in [0.1, 0.15) is 0 Å². The zero-order valence-electron chi connectivity index (χ0n) is 11.3. The van der Waals surface area contributed by atoms with Crippen molar-refractivity contribution in [3.8, 4) is 0 Å². The normalized spacial score (nSPS) is 18.9. The minimum Gasteiger partial charge on any atom is -0.481 e. The van der Waals surface area contributed by atoms with Crippen LogP contribution < -0.4 is 10.9 Å². The molecule has 0 heterocycles. The molecule has 0 aliphatic heterocycles. The van der Waals surface area contributed by atoms with Gasteiger partial charge < -0.3 is 10.2 Å². The Balaban J connectivity index is 0.000000433. The molecule has 0 aromatic carbocycles. The Morgan fingerprint density at radius 1 is 1.50 bits per heavy atom. The monoisotopic (exact) mass is 315 g/mol. The molecule has 0 spiro atoms. The van der Waals surface area contributed by atoms with E-state index in [9.17, 15) is 24.6 Å². The molecule has 0 aromatic rings. The summed E-state index contributed by atoms with van der Waals surface area (Å²) in [5.74, 6) is -2.83. The summed E-state index contributed by atoms with van der Waals surface area (Å²) in [5, 5.41) is 34.4. The molecule has 0 saturated heterocycles. The van der Waals surface area contributed by atoms with E-state index >= 15 is 0 Å². The van der Waals surface area contributed by atoms with Gasteiger partial charge in [0.25, 0.3) is 5.96 Å². The van der Waals surface area contributed by atoms with E-state index in [2.05, 4.69) is 0 Å². The third kappa shape index (κ3) is 6.23. The summed E-state index contributed by atoms with van der Waals surface area (Å²) >= 11 is 0. The van der Waals surface area contributed by atoms with Crippen molar-refractivity contribution in [2.75, 3.05) is 0 Å². The third-order valence-electron chi connectivity index (χ3n) is 2.44. The minimum atomic E-state index is -1.08. The average Bonchev–Trinajstić information content (AvgIpc) is 2.38. The molecule has 1 unspecified atom stereocenters. The van der Waals surface area contributed by atoms with Gasteiger partial charge in [-0.1, -0.05) is 23.7 Å². The van der Waals surface area contributed by atoms with Crippen molar-refractivity contribution >= 4 is 17.9 Å². The average molecular weight is 315 g/mol. The number of carbonyl (C=O) groups is 2. The molecule has 0 amide bonds. The van der Waals surface area contributed by atoms with Crippen LogP contribution in [0.4, 0.5) is 0 Å². The van der Waals surface area contributed by atoms with Crippen LogP contribution in [0.15, 0.2) is 29.1 Å². The van der Waals surface area contributed by atoms with E-state index in [4.69, 9.17) is 15.6 Å². The fraction of sp³-hybridized carbons (Fsp3) is 0.300. The lowest BCUT2D eigenvalue weighted by atomic mass is 9.80. The Morgan fingerprint density at radius 2 is 2.09 bits per heavy atom. The van der Waals surface area contributed by atoms with Crippen LogP contribution in [-0.4, -0.2) is 33.1 Å². The SMILES string of the molecule is CC1(C(=O)O)C=CC=C(C(=O)O)C1.N=C(NN=O)N[N+](=O)[O-]. The number of guanidine groups is 1. The summed E-state index contributed by atoms with van der Waals surface area (Å²) in [6.07, 6.45) is 4.43. The van der Waals surface area contributed by atoms with Crippen LogP contribution >= 0.6 is 0 Å². The first-order chi connectivity index (χ1) is 10.1. The van der Waals surface area contributed by atoms with Gasteiger partial charge in [0.05, 0.1) is 10.7 Å². The van der Waals surface area contributed by atoms with E-state index in [1.165, 1.54) is 36.0 Å². The minimum absolute atomic E-state index is 0.0359. The zero-order valence-corrected chi connectivity index (χ0v) is 11.3. The van der Waals surface area contributed by atoms with Gasteiger partial charge in [0, 0.05) is 5.57 Å². The first kappa shape index (κ1) is 18.7. The topological polar surface area (TPSA) is 195 Å². The Labute approximate surface area is 123 Å². The van der Waals surface area contributed by atoms with E-state index in [1.807, 2.05) is 5.29 Å². The first-order valence-electron chi connectivity index (χ1n) is 5.55. The predicted octanol–water partition coefficient (Wildman–Crippen LogP) is 0.0217. The van der Waals surface area contributed by atoms with Crippen molar-refractivity contribution in [1.29, 1.82) is 5.41 Å². The predicted molar refractivity (Wildman–Crippen MR) is 72.0 cm³/mol. The van der Waals surface area contributed by atoms with Gasteiger partial charge in [-0.25, -0.2) is 20.3 Å². The van der Waals surface area contributed by atoms with Crippen molar-refractivity contribution in [3.63, 3.8) is 0 Å². The molecule has 22 heavy (non-hydrogen) atoms. The number of hydrazine groups is 1. The highest BCUT2D eigenvalue weighted by Crippen LogP contribution is 2.31. The van der Waals surface area contributed by atoms with Gasteiger partial charge >= 0.3 is 11.9 Å². The number of carboxylic acids is 2. The summed E-state index contributed by atoms with van der Waals surface area (Å²) in [4.78, 5) is 40.0. The van der Waals surface area contributed by atoms with Gasteiger partial charge in [0.15, 0.2) is 5.03 Å². The van der Waals surface area contributed by atoms with E-state index in [-0.39, 0.29) is 12.0 Å². The Hall–Kier alpha value is -3.31. The van der Waals surface area contributed by atoms with Crippen molar-refractivity contribution in [2.24, 2.45) is 10.7 Å². The molecule has 1 aliphatic rings. The molecule has 0 bridgehead atoms. The lowest BCUT2D eigenvalue weighted by Gasteiger charge is -2.23. The first-order valence-corrected chi connectivity index (χ1v) is 5.55. The molecule has 120 valence electrons. The van der Waals surface area contributed by atoms with Gasteiger partial charge in [-0.05, 0) is 13.3 Å². The number of rotatable bonds is 4. The van der Waals surface area contributed by atoms with E-state index in [0.29, 0.717) is 0 Å². The van der Waals surface area contributed by atoms with E-state index in [0.717, 1.165) is 0 Å². The lowest BCUT2D eigenvalue weighted by Crippen LogP contribution is -2.36. The maximum absolute atomic E-state index is 10.8. The molecule has 1 atom stereocenters. The standard InChI is InChI=1S/C9H10O4.CH3N5O3/c1-9(8(12)13)4-2-3-6(5-9)7(10)11;2-1(3-5-7)4-6(8)9/h2-4H,5H2,1H3,(H,10,11)(H,12,13);(H3,2,3,4,7). The second-order valence-corrected chi connectivity index (χ2v) is 4.20. The largest absolute Gasteiger partial charge is 0.481 e. The number of nitro groups is 1. The Bertz CT molecular complexity index is 556. The summed E-state index contributed by atoms with van der Waals surface area (Å²) < 4.78 is 0. The van der Waals surface area contributed by atoms with Crippen LogP contribution in [0.2, 0.25) is 0 Å². The third-order valence-corrected chi connectivity index (χ3v) is 2.44. The highest BCUT2D eigenvalue weighted by molar-refractivity contribution is 5.90. The quantitative estimate of drug-likeness (QED) is 0.156. The van der Waals surface area contributed by atoms with Gasteiger partial charge in [-0.2, -0.15) is 0 Å². The fourth-order valence-corrected chi connectivity index (χ4v) is 1.35. The molecule has 0 saturated carbocycles. The molecule has 12 nitrogen and oxygen atoms in total. The summed E-state index contributed by atoms with van der Waals surface area (Å²) in [5.41, 5.74) is 1.87. The molecule has 0 aromatic heterocycles. The number of nitrogens with zero attached hydrogens (tertiary/aromatic N) is 2. The summed E-state index contributed by atoms with van der Waals surface area (Å²) in [6, 6.07) is 0. The maximum atomic E-state index is 10.8. The zero-order chi connectivity index (χ0) is 17.3. The summed E-state index contributed by atoms with van der Waals surface area (Å²) in [7, 11) is 0. The van der Waals surface area contributed by atoms with Crippen LogP contribution in [-0.2, 0) is 9.59 Å². The lowest BCUT2D eigenvalue weighted by molar-refractivity contribution is -0.525. The van der Waals surface area contributed by atoms with Crippen LogP contribution in [0.5, 0.6) is 0 Å². The molecule has 0 fully saturated rings. The molecular formula is C10H13N5O7. The smallest absolute Gasteiger partial charge is 0.331 e. The van der Waals surface area contributed by atoms with E-state index < -0.39 is 28.3 Å². The van der Waals surface area contributed by atoms with Gasteiger partial charge in [-0.3, -0.25) is 10.2 Å². The van der Waals surface area contributed by atoms with Crippen LogP contribution in [0, 0.1) is 25.8 Å².